The van der Waals surface area contributed by atoms with E-state index in [2.05, 4.69) is 15.6 Å². The van der Waals surface area contributed by atoms with E-state index in [4.69, 9.17) is 4.74 Å². The Hall–Kier alpha value is -2.41. The Morgan fingerprint density at radius 2 is 1.96 bits per heavy atom. The number of anilines is 2. The second kappa shape index (κ2) is 6.78. The first-order valence-electron chi connectivity index (χ1n) is 7.01. The van der Waals surface area contributed by atoms with Gasteiger partial charge in [0.25, 0.3) is 5.91 Å². The van der Waals surface area contributed by atoms with Crippen LogP contribution in [0.5, 0.6) is 5.75 Å². The zero-order valence-corrected chi connectivity index (χ0v) is 14.3. The number of nitrogens with one attached hydrogen (secondary N) is 2. The summed E-state index contributed by atoms with van der Waals surface area (Å²) in [7, 11) is 1.48. The van der Waals surface area contributed by atoms with Crippen molar-refractivity contribution < 1.29 is 14.3 Å². The van der Waals surface area contributed by atoms with E-state index in [0.29, 0.717) is 22.1 Å². The van der Waals surface area contributed by atoms with Crippen molar-refractivity contribution in [1.82, 2.24) is 4.98 Å². The molecule has 23 heavy (non-hydrogen) atoms. The van der Waals surface area contributed by atoms with Gasteiger partial charge < -0.3 is 10.1 Å². The molecule has 2 rings (SSSR count). The number of methoxy groups -OCH3 is 1. The quantitative estimate of drug-likeness (QED) is 0.899. The molecule has 0 atom stereocenters. The molecule has 0 unspecified atom stereocenters. The first kappa shape index (κ1) is 17.0. The normalized spacial score (nSPS) is 11.0. The van der Waals surface area contributed by atoms with Crippen LogP contribution >= 0.6 is 11.3 Å². The average molecular weight is 333 g/mol. The summed E-state index contributed by atoms with van der Waals surface area (Å²) >= 11 is 1.33. The lowest BCUT2D eigenvalue weighted by molar-refractivity contribution is -0.123. The molecule has 0 radical (unpaired) electrons. The number of amides is 2. The number of carbonyl (C=O) groups is 2. The molecule has 0 saturated carbocycles. The smallest absolute Gasteiger partial charge is 0.261 e. The third kappa shape index (κ3) is 4.29. The summed E-state index contributed by atoms with van der Waals surface area (Å²) in [4.78, 5) is 28.3. The standard InChI is InChI=1S/C16H19N3O3S/c1-16(2,3)14(21)18-10-5-6-11(12(9-10)22-4)13(20)19-15-17-7-8-23-15/h5-9H,1-4H3,(H,18,21)(H,17,19,20). The van der Waals surface area contributed by atoms with Gasteiger partial charge in [0.15, 0.2) is 5.13 Å². The molecule has 7 heteroatoms. The number of nitrogens with zero attached hydrogens (tertiary/aromatic N) is 1. The number of carbonyl (C=O) groups excluding carboxylic acids is 2. The summed E-state index contributed by atoms with van der Waals surface area (Å²) < 4.78 is 5.26. The summed E-state index contributed by atoms with van der Waals surface area (Å²) in [6.07, 6.45) is 1.61. The van der Waals surface area contributed by atoms with Gasteiger partial charge in [-0.1, -0.05) is 20.8 Å². The highest BCUT2D eigenvalue weighted by molar-refractivity contribution is 7.13. The molecular weight excluding hydrogens is 314 g/mol. The molecule has 0 saturated heterocycles. The summed E-state index contributed by atoms with van der Waals surface area (Å²) in [5.74, 6) is -0.0456. The lowest BCUT2D eigenvalue weighted by atomic mass is 9.95. The lowest BCUT2D eigenvalue weighted by Crippen LogP contribution is -2.27. The summed E-state index contributed by atoms with van der Waals surface area (Å²) in [5.41, 5.74) is 0.442. The van der Waals surface area contributed by atoms with Crippen LogP contribution in [0.25, 0.3) is 0 Å². The second-order valence-electron chi connectivity index (χ2n) is 5.91. The van der Waals surface area contributed by atoms with Gasteiger partial charge in [-0.2, -0.15) is 0 Å². The fourth-order valence-corrected chi connectivity index (χ4v) is 2.25. The zero-order chi connectivity index (χ0) is 17.0. The Kier molecular flexibility index (Phi) is 5.00. The van der Waals surface area contributed by atoms with E-state index in [1.54, 1.807) is 29.8 Å². The van der Waals surface area contributed by atoms with Crippen molar-refractivity contribution >= 4 is 34.0 Å². The summed E-state index contributed by atoms with van der Waals surface area (Å²) in [5, 5.41) is 7.80. The van der Waals surface area contributed by atoms with E-state index >= 15 is 0 Å². The summed E-state index contributed by atoms with van der Waals surface area (Å²) in [6, 6.07) is 4.91. The van der Waals surface area contributed by atoms with Crippen LogP contribution in [-0.4, -0.2) is 23.9 Å². The van der Waals surface area contributed by atoms with Gasteiger partial charge in [0.05, 0.1) is 12.7 Å². The highest BCUT2D eigenvalue weighted by Crippen LogP contribution is 2.26. The van der Waals surface area contributed by atoms with Gasteiger partial charge in [-0.05, 0) is 12.1 Å². The molecule has 2 aromatic rings. The van der Waals surface area contributed by atoms with Gasteiger partial charge in [0.1, 0.15) is 5.75 Å². The lowest BCUT2D eigenvalue weighted by Gasteiger charge is -2.18. The van der Waals surface area contributed by atoms with Crippen LogP contribution in [0.1, 0.15) is 31.1 Å². The molecular formula is C16H19N3O3S. The van der Waals surface area contributed by atoms with Crippen molar-refractivity contribution in [3.05, 3.63) is 35.3 Å². The highest BCUT2D eigenvalue weighted by atomic mass is 32.1. The van der Waals surface area contributed by atoms with Gasteiger partial charge >= 0.3 is 0 Å². The number of rotatable bonds is 4. The predicted molar refractivity (Wildman–Crippen MR) is 91.1 cm³/mol. The second-order valence-corrected chi connectivity index (χ2v) is 6.81. The number of ether oxygens (including phenoxy) is 1. The topological polar surface area (TPSA) is 80.3 Å². The molecule has 0 spiro atoms. The minimum Gasteiger partial charge on any atom is -0.496 e. The molecule has 0 aliphatic carbocycles. The van der Waals surface area contributed by atoms with E-state index in [1.807, 2.05) is 20.8 Å². The molecule has 1 aromatic carbocycles. The van der Waals surface area contributed by atoms with E-state index in [9.17, 15) is 9.59 Å². The van der Waals surface area contributed by atoms with Crippen LogP contribution in [0.4, 0.5) is 10.8 Å². The molecule has 6 nitrogen and oxygen atoms in total. The summed E-state index contributed by atoms with van der Waals surface area (Å²) in [6.45, 7) is 5.49. The average Bonchev–Trinajstić information content (AvgIpc) is 2.98. The van der Waals surface area contributed by atoms with Crippen molar-refractivity contribution in [1.29, 1.82) is 0 Å². The molecule has 1 aromatic heterocycles. The number of aromatic nitrogens is 1. The monoisotopic (exact) mass is 333 g/mol. The van der Waals surface area contributed by atoms with Gasteiger partial charge in [0, 0.05) is 28.7 Å². The van der Waals surface area contributed by atoms with E-state index < -0.39 is 5.41 Å². The SMILES string of the molecule is COc1cc(NC(=O)C(C)(C)C)ccc1C(=O)Nc1nccs1. The molecule has 122 valence electrons. The molecule has 2 amide bonds. The van der Waals surface area contributed by atoms with E-state index in [-0.39, 0.29) is 11.8 Å². The Morgan fingerprint density at radius 1 is 1.22 bits per heavy atom. The number of thiazole rings is 1. The van der Waals surface area contributed by atoms with Crippen LogP contribution in [-0.2, 0) is 4.79 Å². The maximum Gasteiger partial charge on any atom is 0.261 e. The van der Waals surface area contributed by atoms with Crippen molar-refractivity contribution in [2.45, 2.75) is 20.8 Å². The van der Waals surface area contributed by atoms with Crippen molar-refractivity contribution in [3.63, 3.8) is 0 Å². The molecule has 1 heterocycles. The first-order valence-corrected chi connectivity index (χ1v) is 7.89. The predicted octanol–water partition coefficient (Wildman–Crippen LogP) is 3.39. The van der Waals surface area contributed by atoms with Gasteiger partial charge in [0.2, 0.25) is 5.91 Å². The number of hydrogen-bond donors (Lipinski definition) is 2. The first-order chi connectivity index (χ1) is 10.8. The highest BCUT2D eigenvalue weighted by Gasteiger charge is 2.22. The minimum atomic E-state index is -0.506. The molecule has 0 bridgehead atoms. The Bertz CT molecular complexity index is 706. The van der Waals surface area contributed by atoms with Crippen LogP contribution < -0.4 is 15.4 Å². The van der Waals surface area contributed by atoms with Crippen molar-refractivity contribution in [3.8, 4) is 5.75 Å². The van der Waals surface area contributed by atoms with Crippen LogP contribution in [0.2, 0.25) is 0 Å². The third-order valence-electron chi connectivity index (χ3n) is 3.04. The van der Waals surface area contributed by atoms with Gasteiger partial charge in [-0.3, -0.25) is 14.9 Å². The van der Waals surface area contributed by atoms with Crippen LogP contribution in [0.3, 0.4) is 0 Å². The number of hydrogen-bond acceptors (Lipinski definition) is 5. The van der Waals surface area contributed by atoms with Gasteiger partial charge in [-0.25, -0.2) is 4.98 Å². The maximum atomic E-state index is 12.3. The zero-order valence-electron chi connectivity index (χ0n) is 13.5. The molecule has 2 N–H and O–H groups in total. The Morgan fingerprint density at radius 3 is 2.52 bits per heavy atom. The maximum absolute atomic E-state index is 12.3. The Labute approximate surface area is 138 Å². The Balaban J connectivity index is 2.19. The minimum absolute atomic E-state index is 0.112. The fourth-order valence-electron chi connectivity index (χ4n) is 1.72. The van der Waals surface area contributed by atoms with E-state index in [1.165, 1.54) is 18.4 Å². The molecule has 0 fully saturated rings. The van der Waals surface area contributed by atoms with Crippen molar-refractivity contribution in [2.75, 3.05) is 17.7 Å². The fraction of sp³-hybridized carbons (Fsp3) is 0.312. The third-order valence-corrected chi connectivity index (χ3v) is 3.73. The molecule has 0 aliphatic heterocycles. The largest absolute Gasteiger partial charge is 0.496 e. The number of benzene rings is 1. The van der Waals surface area contributed by atoms with Crippen LogP contribution in [0.15, 0.2) is 29.8 Å². The van der Waals surface area contributed by atoms with E-state index in [0.717, 1.165) is 0 Å². The van der Waals surface area contributed by atoms with Crippen LogP contribution in [0, 0.1) is 5.41 Å². The van der Waals surface area contributed by atoms with Gasteiger partial charge in [-0.15, -0.1) is 11.3 Å². The van der Waals surface area contributed by atoms with Crippen molar-refractivity contribution in [2.24, 2.45) is 5.41 Å². The molecule has 0 aliphatic rings.